The van der Waals surface area contributed by atoms with Gasteiger partial charge < -0.3 is 10.6 Å². The molecule has 21 heavy (non-hydrogen) atoms. The third-order valence-electron chi connectivity index (χ3n) is 3.59. The van der Waals surface area contributed by atoms with Gasteiger partial charge in [0.15, 0.2) is 5.82 Å². The number of fused-ring (bicyclic) bond motifs is 1. The van der Waals surface area contributed by atoms with Gasteiger partial charge in [0.05, 0.1) is 17.9 Å². The molecule has 2 heterocycles. The second-order valence-corrected chi connectivity index (χ2v) is 6.87. The predicted molar refractivity (Wildman–Crippen MR) is 81.9 cm³/mol. The van der Waals surface area contributed by atoms with Crippen LogP contribution in [0, 0.1) is 0 Å². The van der Waals surface area contributed by atoms with Crippen molar-refractivity contribution in [2.24, 2.45) is 7.05 Å². The monoisotopic (exact) mass is 307 g/mol. The number of hydrogen-bond donors (Lipinski definition) is 1. The van der Waals surface area contributed by atoms with Crippen LogP contribution in [-0.2, 0) is 17.1 Å². The molecular weight excluding hydrogens is 290 g/mol. The van der Waals surface area contributed by atoms with Crippen LogP contribution in [0.2, 0.25) is 0 Å². The maximum atomic E-state index is 12.9. The molecule has 1 aromatic carbocycles. The third-order valence-corrected chi connectivity index (χ3v) is 5.42. The van der Waals surface area contributed by atoms with Crippen molar-refractivity contribution in [1.29, 1.82) is 0 Å². The highest BCUT2D eigenvalue weighted by Crippen LogP contribution is 2.36. The first kappa shape index (κ1) is 13.7. The highest BCUT2D eigenvalue weighted by molar-refractivity contribution is 7.93. The Morgan fingerprint density at radius 2 is 1.81 bits per heavy atom. The smallest absolute Gasteiger partial charge is 0.269 e. The number of benzene rings is 1. The number of anilines is 3. The van der Waals surface area contributed by atoms with Gasteiger partial charge in [-0.05, 0) is 12.1 Å². The van der Waals surface area contributed by atoms with Gasteiger partial charge in [0, 0.05) is 26.8 Å². The summed E-state index contributed by atoms with van der Waals surface area (Å²) in [6.45, 7) is 1.00. The van der Waals surface area contributed by atoms with Crippen LogP contribution >= 0.6 is 0 Å². The molecule has 112 valence electrons. The topological polar surface area (TPSA) is 84.5 Å². The number of nitrogens with zero attached hydrogens (tertiary/aromatic N) is 4. The Bertz CT molecular complexity index is 784. The van der Waals surface area contributed by atoms with E-state index < -0.39 is 10.0 Å². The van der Waals surface area contributed by atoms with Gasteiger partial charge >= 0.3 is 0 Å². The van der Waals surface area contributed by atoms with Crippen molar-refractivity contribution in [2.45, 2.75) is 4.90 Å². The zero-order valence-electron chi connectivity index (χ0n) is 11.9. The van der Waals surface area contributed by atoms with Crippen LogP contribution in [0.5, 0.6) is 0 Å². The number of rotatable bonds is 2. The van der Waals surface area contributed by atoms with Gasteiger partial charge in [-0.1, -0.05) is 12.1 Å². The molecule has 2 N–H and O–H groups in total. The average Bonchev–Trinajstić information content (AvgIpc) is 2.79. The van der Waals surface area contributed by atoms with Crippen LogP contribution in [0.3, 0.4) is 0 Å². The van der Waals surface area contributed by atoms with Crippen molar-refractivity contribution in [3.8, 4) is 0 Å². The summed E-state index contributed by atoms with van der Waals surface area (Å²) >= 11 is 0. The van der Waals surface area contributed by atoms with Crippen molar-refractivity contribution in [2.75, 3.05) is 35.1 Å². The van der Waals surface area contributed by atoms with E-state index in [-0.39, 0.29) is 10.7 Å². The second-order valence-electron chi connectivity index (χ2n) is 5.04. The molecule has 0 spiro atoms. The molecule has 0 saturated heterocycles. The van der Waals surface area contributed by atoms with Crippen LogP contribution in [0.4, 0.5) is 17.2 Å². The fourth-order valence-electron chi connectivity index (χ4n) is 2.53. The third kappa shape index (κ3) is 2.11. The molecule has 0 aliphatic carbocycles. The number of hydrogen-bond acceptors (Lipinski definition) is 5. The molecule has 1 aliphatic rings. The van der Waals surface area contributed by atoms with Crippen molar-refractivity contribution < 1.29 is 8.42 Å². The summed E-state index contributed by atoms with van der Waals surface area (Å²) in [6, 6.07) is 7.43. The molecule has 8 heteroatoms. The SMILES string of the molecule is CN1CCN(S(=O)(=O)c2cn(C)nc2N)c2ccccc21. The van der Waals surface area contributed by atoms with E-state index in [0.717, 1.165) is 5.69 Å². The molecule has 0 atom stereocenters. The molecular formula is C13H17N5O2S. The summed E-state index contributed by atoms with van der Waals surface area (Å²) in [5, 5.41) is 3.92. The largest absolute Gasteiger partial charge is 0.381 e. The number of nitrogen functional groups attached to an aromatic ring is 1. The molecule has 0 fully saturated rings. The van der Waals surface area contributed by atoms with Crippen LogP contribution in [0.1, 0.15) is 0 Å². The van der Waals surface area contributed by atoms with Crippen LogP contribution in [0.15, 0.2) is 35.4 Å². The normalized spacial score (nSPS) is 15.1. The minimum atomic E-state index is -3.71. The summed E-state index contributed by atoms with van der Waals surface area (Å²) in [5.74, 6) is 0.0221. The lowest BCUT2D eigenvalue weighted by atomic mass is 10.2. The van der Waals surface area contributed by atoms with Crippen molar-refractivity contribution in [1.82, 2.24) is 9.78 Å². The standard InChI is InChI=1S/C13H17N5O2S/c1-16-7-8-18(11-6-4-3-5-10(11)16)21(19,20)12-9-17(2)15-13(12)14/h3-6,9H,7-8H2,1-2H3,(H2,14,15). The molecule has 1 aromatic heterocycles. The first-order valence-electron chi connectivity index (χ1n) is 6.53. The van der Waals surface area contributed by atoms with Crippen molar-refractivity contribution in [3.05, 3.63) is 30.5 Å². The molecule has 7 nitrogen and oxygen atoms in total. The lowest BCUT2D eigenvalue weighted by Crippen LogP contribution is -2.42. The summed E-state index contributed by atoms with van der Waals surface area (Å²) in [7, 11) is -0.119. The quantitative estimate of drug-likeness (QED) is 0.880. The van der Waals surface area contributed by atoms with Crippen LogP contribution in [0.25, 0.3) is 0 Å². The lowest BCUT2D eigenvalue weighted by molar-refractivity contribution is 0.589. The second kappa shape index (κ2) is 4.66. The van der Waals surface area contributed by atoms with Crippen LogP contribution in [-0.4, -0.2) is 38.3 Å². The van der Waals surface area contributed by atoms with E-state index in [1.54, 1.807) is 13.1 Å². The van der Waals surface area contributed by atoms with E-state index >= 15 is 0 Å². The summed E-state index contributed by atoms with van der Waals surface area (Å²) < 4.78 is 28.5. The molecule has 0 saturated carbocycles. The molecule has 0 unspecified atom stereocenters. The van der Waals surface area contributed by atoms with Crippen molar-refractivity contribution >= 4 is 27.2 Å². The number of para-hydroxylation sites is 2. The minimum absolute atomic E-state index is 0.0221. The molecule has 3 rings (SSSR count). The van der Waals surface area contributed by atoms with Gasteiger partial charge in [0.2, 0.25) is 0 Å². The maximum Gasteiger partial charge on any atom is 0.269 e. The number of nitrogens with two attached hydrogens (primary N) is 1. The first-order chi connectivity index (χ1) is 9.91. The summed E-state index contributed by atoms with van der Waals surface area (Å²) in [5.41, 5.74) is 7.28. The van der Waals surface area contributed by atoms with Crippen LogP contribution < -0.4 is 14.9 Å². The number of likely N-dealkylation sites (N-methyl/N-ethyl adjacent to an activating group) is 1. The van der Waals surface area contributed by atoms with E-state index in [1.165, 1.54) is 15.2 Å². The fourth-order valence-corrected chi connectivity index (χ4v) is 4.09. The Kier molecular flexibility index (Phi) is 3.05. The summed E-state index contributed by atoms with van der Waals surface area (Å²) in [4.78, 5) is 2.08. The number of aromatic nitrogens is 2. The molecule has 0 amide bonds. The molecule has 2 aromatic rings. The lowest BCUT2D eigenvalue weighted by Gasteiger charge is -2.35. The zero-order chi connectivity index (χ0) is 15.2. The van der Waals surface area contributed by atoms with Gasteiger partial charge in [-0.15, -0.1) is 0 Å². The Morgan fingerprint density at radius 3 is 2.43 bits per heavy atom. The minimum Gasteiger partial charge on any atom is -0.381 e. The van der Waals surface area contributed by atoms with E-state index in [1.807, 2.05) is 30.1 Å². The first-order valence-corrected chi connectivity index (χ1v) is 7.97. The van der Waals surface area contributed by atoms with E-state index in [9.17, 15) is 8.42 Å². The fraction of sp³-hybridized carbons (Fsp3) is 0.308. The van der Waals surface area contributed by atoms with Gasteiger partial charge in [0.25, 0.3) is 10.0 Å². The Hall–Kier alpha value is -2.22. The van der Waals surface area contributed by atoms with Gasteiger partial charge in [0.1, 0.15) is 4.90 Å². The zero-order valence-corrected chi connectivity index (χ0v) is 12.7. The Balaban J connectivity index is 2.13. The summed E-state index contributed by atoms with van der Waals surface area (Å²) in [6.07, 6.45) is 1.44. The highest BCUT2D eigenvalue weighted by Gasteiger charge is 2.33. The average molecular weight is 307 g/mol. The van der Waals surface area contributed by atoms with Gasteiger partial charge in [-0.25, -0.2) is 8.42 Å². The van der Waals surface area contributed by atoms with Gasteiger partial charge in [-0.2, -0.15) is 5.10 Å². The van der Waals surface area contributed by atoms with E-state index in [2.05, 4.69) is 5.10 Å². The van der Waals surface area contributed by atoms with E-state index in [4.69, 9.17) is 5.73 Å². The molecule has 1 aliphatic heterocycles. The van der Waals surface area contributed by atoms with E-state index in [0.29, 0.717) is 18.8 Å². The highest BCUT2D eigenvalue weighted by atomic mass is 32.2. The van der Waals surface area contributed by atoms with Gasteiger partial charge in [-0.3, -0.25) is 8.99 Å². The Labute approximate surface area is 123 Å². The maximum absolute atomic E-state index is 12.9. The number of aryl methyl sites for hydroxylation is 1. The van der Waals surface area contributed by atoms with Crippen molar-refractivity contribution in [3.63, 3.8) is 0 Å². The molecule has 0 bridgehead atoms. The molecule has 0 radical (unpaired) electrons. The number of sulfonamides is 1. The Morgan fingerprint density at radius 1 is 1.14 bits per heavy atom. The predicted octanol–water partition coefficient (Wildman–Crippen LogP) is 0.647.